The monoisotopic (exact) mass is 394 g/mol. The summed E-state index contributed by atoms with van der Waals surface area (Å²) in [6, 6.07) is 0. The van der Waals surface area contributed by atoms with Crippen LogP contribution in [0.2, 0.25) is 5.15 Å². The quantitative estimate of drug-likeness (QED) is 0.560. The van der Waals surface area contributed by atoms with Gasteiger partial charge in [0.1, 0.15) is 10.8 Å². The third-order valence-corrected chi connectivity index (χ3v) is 5.64. The van der Waals surface area contributed by atoms with E-state index in [-0.39, 0.29) is 5.60 Å². The number of nitrogens with zero attached hydrogens (tertiary/aromatic N) is 2. The van der Waals surface area contributed by atoms with Gasteiger partial charge in [-0.15, -0.1) is 0 Å². The van der Waals surface area contributed by atoms with Crippen molar-refractivity contribution < 1.29 is 4.74 Å². The van der Waals surface area contributed by atoms with Crippen LogP contribution in [0.5, 0.6) is 0 Å². The first-order valence-electron chi connectivity index (χ1n) is 6.82. The fourth-order valence-corrected chi connectivity index (χ4v) is 3.36. The van der Waals surface area contributed by atoms with Crippen LogP contribution in [0.1, 0.15) is 51.0 Å². The van der Waals surface area contributed by atoms with Crippen LogP contribution in [-0.2, 0) is 10.3 Å². The number of halogens is 2. The summed E-state index contributed by atoms with van der Waals surface area (Å²) >= 11 is 8.41. The fraction of sp³-hybridized carbons (Fsp3) is 0.714. The molecule has 19 heavy (non-hydrogen) atoms. The van der Waals surface area contributed by atoms with Gasteiger partial charge < -0.3 is 4.74 Å². The number of aromatic nitrogens is 2. The molecule has 1 aromatic rings. The molecular formula is C14H20ClIN2O. The Morgan fingerprint density at radius 3 is 2.79 bits per heavy atom. The third kappa shape index (κ3) is 3.22. The molecule has 0 bridgehead atoms. The summed E-state index contributed by atoms with van der Waals surface area (Å²) in [6.07, 6.45) is 4.39. The minimum Gasteiger partial charge on any atom is -0.367 e. The van der Waals surface area contributed by atoms with Gasteiger partial charge in [0.05, 0.1) is 9.26 Å². The van der Waals surface area contributed by atoms with Crippen molar-refractivity contribution in [2.45, 2.75) is 52.1 Å². The van der Waals surface area contributed by atoms with E-state index in [2.05, 4.69) is 39.5 Å². The highest BCUT2D eigenvalue weighted by Crippen LogP contribution is 2.42. The zero-order valence-corrected chi connectivity index (χ0v) is 14.6. The van der Waals surface area contributed by atoms with E-state index >= 15 is 0 Å². The average molecular weight is 395 g/mol. The van der Waals surface area contributed by atoms with Gasteiger partial charge in [-0.25, -0.2) is 9.97 Å². The molecular weight excluding hydrogens is 375 g/mol. The topological polar surface area (TPSA) is 35.0 Å². The van der Waals surface area contributed by atoms with Crippen LogP contribution in [-0.4, -0.2) is 16.6 Å². The van der Waals surface area contributed by atoms with E-state index in [1.54, 1.807) is 0 Å². The summed E-state index contributed by atoms with van der Waals surface area (Å²) in [6.45, 7) is 6.96. The van der Waals surface area contributed by atoms with Crippen molar-refractivity contribution in [3.8, 4) is 0 Å². The van der Waals surface area contributed by atoms with Gasteiger partial charge in [0.15, 0.2) is 5.82 Å². The molecule has 0 aromatic carbocycles. The van der Waals surface area contributed by atoms with E-state index in [9.17, 15) is 0 Å². The molecule has 1 aliphatic carbocycles. The van der Waals surface area contributed by atoms with Gasteiger partial charge in [-0.3, -0.25) is 0 Å². The minimum atomic E-state index is -0.342. The number of ether oxygens (including phenoxy) is 1. The molecule has 3 nitrogen and oxygen atoms in total. The second-order valence-corrected chi connectivity index (χ2v) is 6.80. The maximum absolute atomic E-state index is 6.22. The van der Waals surface area contributed by atoms with E-state index < -0.39 is 0 Å². The van der Waals surface area contributed by atoms with E-state index in [1.165, 1.54) is 6.42 Å². The molecule has 1 aliphatic rings. The highest BCUT2D eigenvalue weighted by atomic mass is 127. The van der Waals surface area contributed by atoms with Crippen molar-refractivity contribution in [1.29, 1.82) is 0 Å². The normalized spacial score (nSPS) is 27.5. The lowest BCUT2D eigenvalue weighted by molar-refractivity contribution is -0.0882. The first-order chi connectivity index (χ1) is 8.98. The summed E-state index contributed by atoms with van der Waals surface area (Å²) in [5.41, 5.74) is 0.596. The molecule has 106 valence electrons. The highest BCUT2D eigenvalue weighted by Gasteiger charge is 2.40. The van der Waals surface area contributed by atoms with Gasteiger partial charge >= 0.3 is 0 Å². The molecule has 0 spiro atoms. The number of hydrogen-bond acceptors (Lipinski definition) is 3. The second kappa shape index (κ2) is 6.22. The van der Waals surface area contributed by atoms with Gasteiger partial charge in [-0.05, 0) is 61.6 Å². The molecule has 0 aliphatic heterocycles. The zero-order valence-electron chi connectivity index (χ0n) is 11.7. The smallest absolute Gasteiger partial charge is 0.162 e. The number of rotatable bonds is 3. The van der Waals surface area contributed by atoms with Crippen LogP contribution < -0.4 is 0 Å². The van der Waals surface area contributed by atoms with E-state index in [0.717, 1.165) is 34.4 Å². The number of hydrogen-bond donors (Lipinski definition) is 0. The van der Waals surface area contributed by atoms with Gasteiger partial charge in [0.25, 0.3) is 0 Å². The van der Waals surface area contributed by atoms with Crippen LogP contribution >= 0.6 is 34.2 Å². The van der Waals surface area contributed by atoms with Gasteiger partial charge in [-0.1, -0.05) is 24.9 Å². The van der Waals surface area contributed by atoms with Crippen molar-refractivity contribution in [1.82, 2.24) is 9.97 Å². The predicted molar refractivity (Wildman–Crippen MR) is 85.4 cm³/mol. The molecule has 0 saturated heterocycles. The molecule has 0 N–H and O–H groups in total. The van der Waals surface area contributed by atoms with E-state index in [0.29, 0.717) is 17.7 Å². The largest absolute Gasteiger partial charge is 0.367 e. The summed E-state index contributed by atoms with van der Waals surface area (Å²) in [4.78, 5) is 9.16. The minimum absolute atomic E-state index is 0.342. The van der Waals surface area contributed by atoms with Crippen LogP contribution in [0.15, 0.2) is 0 Å². The summed E-state index contributed by atoms with van der Waals surface area (Å²) < 4.78 is 7.02. The third-order valence-electron chi connectivity index (χ3n) is 3.76. The summed E-state index contributed by atoms with van der Waals surface area (Å²) in [5, 5.41) is 0.542. The van der Waals surface area contributed by atoms with Crippen LogP contribution in [0, 0.1) is 16.4 Å². The molecule has 5 heteroatoms. The molecule has 2 rings (SSSR count). The van der Waals surface area contributed by atoms with Crippen LogP contribution in [0.3, 0.4) is 0 Å². The van der Waals surface area contributed by atoms with Crippen molar-refractivity contribution in [3.05, 3.63) is 20.2 Å². The van der Waals surface area contributed by atoms with Gasteiger partial charge in [0.2, 0.25) is 0 Å². The Bertz CT molecular complexity index is 442. The molecule has 2 unspecified atom stereocenters. The van der Waals surface area contributed by atoms with Crippen LogP contribution in [0.25, 0.3) is 0 Å². The molecule has 0 radical (unpaired) electrons. The zero-order chi connectivity index (χ0) is 14.0. The Labute approximate surface area is 133 Å². The lowest BCUT2D eigenvalue weighted by Crippen LogP contribution is -2.37. The lowest BCUT2D eigenvalue weighted by atomic mass is 9.78. The molecule has 1 heterocycles. The first kappa shape index (κ1) is 15.4. The van der Waals surface area contributed by atoms with Crippen LogP contribution in [0.4, 0.5) is 0 Å². The Morgan fingerprint density at radius 1 is 1.47 bits per heavy atom. The van der Waals surface area contributed by atoms with Gasteiger partial charge in [0, 0.05) is 6.61 Å². The van der Waals surface area contributed by atoms with Crippen molar-refractivity contribution in [2.75, 3.05) is 6.61 Å². The Balaban J connectivity index is 2.44. The predicted octanol–water partition coefficient (Wildman–Crippen LogP) is 4.48. The lowest BCUT2D eigenvalue weighted by Gasteiger charge is -2.38. The maximum Gasteiger partial charge on any atom is 0.162 e. The van der Waals surface area contributed by atoms with Crippen molar-refractivity contribution in [3.63, 3.8) is 0 Å². The summed E-state index contributed by atoms with van der Waals surface area (Å²) in [7, 11) is 0. The molecule has 1 saturated carbocycles. The average Bonchev–Trinajstić information content (AvgIpc) is 2.35. The SMILES string of the molecule is CCOC1(c2nc(C)c(I)c(Cl)n2)CCCC(C)C1. The van der Waals surface area contributed by atoms with Gasteiger partial charge in [-0.2, -0.15) is 0 Å². The standard InChI is InChI=1S/C14H20ClIN2O/c1-4-19-14(7-5-6-9(2)8-14)13-17-10(3)11(16)12(15)18-13/h9H,4-8H2,1-3H3. The van der Waals surface area contributed by atoms with Crippen molar-refractivity contribution >= 4 is 34.2 Å². The van der Waals surface area contributed by atoms with E-state index in [1.807, 2.05) is 13.8 Å². The Hall–Kier alpha value is 0.0600. The molecule has 0 amide bonds. The van der Waals surface area contributed by atoms with E-state index in [4.69, 9.17) is 16.3 Å². The molecule has 2 atom stereocenters. The molecule has 1 aromatic heterocycles. The first-order valence-corrected chi connectivity index (χ1v) is 8.28. The Kier molecular flexibility index (Phi) is 5.06. The number of aryl methyl sites for hydroxylation is 1. The molecule has 1 fully saturated rings. The van der Waals surface area contributed by atoms with Crippen molar-refractivity contribution in [2.24, 2.45) is 5.92 Å². The maximum atomic E-state index is 6.22. The highest BCUT2D eigenvalue weighted by molar-refractivity contribution is 14.1. The summed E-state index contributed by atoms with van der Waals surface area (Å²) in [5.74, 6) is 1.41. The fourth-order valence-electron chi connectivity index (χ4n) is 2.91. The second-order valence-electron chi connectivity index (χ2n) is 5.37. The Morgan fingerprint density at radius 2 is 2.21 bits per heavy atom.